The van der Waals surface area contributed by atoms with Crippen LogP contribution in [0.15, 0.2) is 42.5 Å². The van der Waals surface area contributed by atoms with Crippen LogP contribution in [-0.4, -0.2) is 24.9 Å². The monoisotopic (exact) mass is 434 g/mol. The Balaban J connectivity index is 2.09. The van der Waals surface area contributed by atoms with Crippen LogP contribution in [0.3, 0.4) is 0 Å². The highest BCUT2D eigenvalue weighted by Gasteiger charge is 2.37. The predicted molar refractivity (Wildman–Crippen MR) is 131 cm³/mol. The number of hydrogen-bond donors (Lipinski definition) is 1. The molecule has 1 N–H and O–H groups in total. The van der Waals surface area contributed by atoms with Gasteiger partial charge < -0.3 is 5.11 Å². The highest BCUT2D eigenvalue weighted by molar-refractivity contribution is 6.94. The van der Waals surface area contributed by atoms with E-state index in [1.807, 2.05) is 12.1 Å². The maximum absolute atomic E-state index is 11.7. The third-order valence-corrected chi connectivity index (χ3v) is 8.70. The summed E-state index contributed by atoms with van der Waals surface area (Å²) < 4.78 is 0. The van der Waals surface area contributed by atoms with E-state index in [4.69, 9.17) is 5.11 Å². The fraction of sp³-hybridized carbons (Fsp3) is 0.407. The van der Waals surface area contributed by atoms with E-state index in [2.05, 4.69) is 71.6 Å². The van der Waals surface area contributed by atoms with Crippen LogP contribution in [0.2, 0.25) is 19.6 Å². The van der Waals surface area contributed by atoms with Crippen LogP contribution in [-0.2, 0) is 15.6 Å². The molecule has 3 rings (SSSR count). The van der Waals surface area contributed by atoms with E-state index in [1.54, 1.807) is 12.1 Å². The normalized spacial score (nSPS) is 17.7. The number of benzene rings is 2. The Kier molecular flexibility index (Phi) is 5.92. The summed E-state index contributed by atoms with van der Waals surface area (Å²) in [6, 6.07) is 13.9. The fourth-order valence-electron chi connectivity index (χ4n) is 4.51. The first kappa shape index (κ1) is 23.2. The number of Topliss-reactive ketones (excluding diaryl/α,β-unsaturated/α-hetero) is 1. The molecule has 0 heterocycles. The van der Waals surface area contributed by atoms with Crippen molar-refractivity contribution in [2.24, 2.45) is 0 Å². The molecule has 1 aliphatic carbocycles. The summed E-state index contributed by atoms with van der Waals surface area (Å²) in [6.07, 6.45) is 4.59. The van der Waals surface area contributed by atoms with Gasteiger partial charge in [0.25, 0.3) is 5.78 Å². The molecular formula is C27H34O3Si. The van der Waals surface area contributed by atoms with Crippen molar-refractivity contribution < 1.29 is 14.7 Å². The third kappa shape index (κ3) is 4.74. The molecule has 0 aromatic heterocycles. The van der Waals surface area contributed by atoms with Gasteiger partial charge in [-0.3, -0.25) is 4.79 Å². The summed E-state index contributed by atoms with van der Waals surface area (Å²) in [5.41, 5.74) is 5.72. The van der Waals surface area contributed by atoms with Gasteiger partial charge in [0, 0.05) is 5.56 Å². The molecule has 164 valence electrons. The van der Waals surface area contributed by atoms with Crippen molar-refractivity contribution in [3.8, 4) is 0 Å². The number of rotatable bonds is 5. The fourth-order valence-corrected chi connectivity index (χ4v) is 6.13. The first-order valence-corrected chi connectivity index (χ1v) is 14.5. The van der Waals surface area contributed by atoms with Gasteiger partial charge in [-0.1, -0.05) is 101 Å². The highest BCUT2D eigenvalue weighted by atomic mass is 28.3. The average molecular weight is 435 g/mol. The minimum Gasteiger partial charge on any atom is -0.475 e. The molecule has 0 atom stereocenters. The average Bonchev–Trinajstić information content (AvgIpc) is 2.68. The number of hydrogen-bond acceptors (Lipinski definition) is 2. The zero-order valence-corrected chi connectivity index (χ0v) is 20.8. The molecule has 0 saturated carbocycles. The quantitative estimate of drug-likeness (QED) is 0.246. The van der Waals surface area contributed by atoms with E-state index in [1.165, 1.54) is 34.7 Å². The van der Waals surface area contributed by atoms with Crippen LogP contribution >= 0.6 is 0 Å². The maximum Gasteiger partial charge on any atom is 0.377 e. The lowest BCUT2D eigenvalue weighted by Gasteiger charge is -2.42. The molecule has 0 unspecified atom stereocenters. The number of ketones is 1. The topological polar surface area (TPSA) is 54.4 Å². The van der Waals surface area contributed by atoms with Crippen LogP contribution in [0.5, 0.6) is 0 Å². The Morgan fingerprint density at radius 2 is 1.35 bits per heavy atom. The predicted octanol–water partition coefficient (Wildman–Crippen LogP) is 6.72. The first-order chi connectivity index (χ1) is 14.2. The molecule has 0 aliphatic heterocycles. The molecule has 4 heteroatoms. The summed E-state index contributed by atoms with van der Waals surface area (Å²) in [5, 5.41) is 10.3. The molecule has 0 amide bonds. The summed E-state index contributed by atoms with van der Waals surface area (Å²) in [5.74, 6) is -2.30. The molecule has 0 radical (unpaired) electrons. The minimum atomic E-state index is -1.69. The zero-order chi connectivity index (χ0) is 23.2. The van der Waals surface area contributed by atoms with Crippen LogP contribution in [0.4, 0.5) is 0 Å². The summed E-state index contributed by atoms with van der Waals surface area (Å²) in [6.45, 7) is 16.4. The van der Waals surface area contributed by atoms with Crippen molar-refractivity contribution in [2.75, 3.05) is 0 Å². The van der Waals surface area contributed by atoms with Crippen LogP contribution in [0.25, 0.3) is 11.3 Å². The smallest absolute Gasteiger partial charge is 0.377 e. The Labute approximate surface area is 187 Å². The van der Waals surface area contributed by atoms with Crippen molar-refractivity contribution in [1.82, 2.24) is 0 Å². The number of carboxylic acids is 1. The van der Waals surface area contributed by atoms with Gasteiger partial charge in [0.2, 0.25) is 0 Å². The lowest BCUT2D eigenvalue weighted by atomic mass is 9.63. The molecule has 31 heavy (non-hydrogen) atoms. The number of fused-ring (bicyclic) bond motifs is 1. The highest BCUT2D eigenvalue weighted by Crippen LogP contribution is 2.46. The molecule has 0 fully saturated rings. The van der Waals surface area contributed by atoms with E-state index >= 15 is 0 Å². The number of carbonyl (C=O) groups excluding carboxylic acids is 1. The summed E-state index contributed by atoms with van der Waals surface area (Å²) >= 11 is 0. The van der Waals surface area contributed by atoms with Crippen molar-refractivity contribution in [2.45, 2.75) is 71.0 Å². The molecule has 3 nitrogen and oxygen atoms in total. The van der Waals surface area contributed by atoms with E-state index in [-0.39, 0.29) is 16.4 Å². The number of aliphatic carboxylic acids is 1. The lowest BCUT2D eigenvalue weighted by molar-refractivity contribution is -0.131. The molecule has 0 bridgehead atoms. The second-order valence-electron chi connectivity index (χ2n) is 11.1. The molecule has 2 aromatic rings. The van der Waals surface area contributed by atoms with Gasteiger partial charge in [-0.2, -0.15) is 0 Å². The molecule has 1 aliphatic rings. The van der Waals surface area contributed by atoms with E-state index in [9.17, 15) is 9.59 Å². The molecule has 0 spiro atoms. The standard InChI is InChI=1S/C27H34O3Si/c1-26(2)14-15-27(3,4)22-17-20(12-13-21(22)26)23(31(5,6)7)16-18-8-10-19(11-9-18)24(28)25(29)30/h8-13,16-17H,14-15H2,1-7H3,(H,29,30)/b23-16-. The zero-order valence-electron chi connectivity index (χ0n) is 19.8. The van der Waals surface area contributed by atoms with Gasteiger partial charge in [0.15, 0.2) is 0 Å². The van der Waals surface area contributed by atoms with Gasteiger partial charge >= 0.3 is 5.97 Å². The van der Waals surface area contributed by atoms with Crippen LogP contribution in [0.1, 0.15) is 73.1 Å². The molecule has 2 aromatic carbocycles. The van der Waals surface area contributed by atoms with Crippen molar-refractivity contribution in [3.63, 3.8) is 0 Å². The number of carboxylic acid groups (broad SMARTS) is 1. The summed E-state index contributed by atoms with van der Waals surface area (Å²) in [7, 11) is -1.69. The Bertz CT molecular complexity index is 1050. The van der Waals surface area contributed by atoms with Crippen LogP contribution in [0, 0.1) is 0 Å². The number of carbonyl (C=O) groups is 2. The Morgan fingerprint density at radius 3 is 1.87 bits per heavy atom. The second kappa shape index (κ2) is 7.90. The third-order valence-electron chi connectivity index (χ3n) is 6.65. The lowest BCUT2D eigenvalue weighted by Crippen LogP contribution is -2.34. The van der Waals surface area contributed by atoms with Crippen LogP contribution < -0.4 is 0 Å². The molecular weight excluding hydrogens is 400 g/mol. The van der Waals surface area contributed by atoms with Crippen molar-refractivity contribution >= 4 is 31.1 Å². The van der Waals surface area contributed by atoms with Gasteiger partial charge in [0.1, 0.15) is 0 Å². The molecule has 0 saturated heterocycles. The van der Waals surface area contributed by atoms with E-state index in [0.717, 1.165) is 5.56 Å². The van der Waals surface area contributed by atoms with Crippen molar-refractivity contribution in [1.29, 1.82) is 0 Å². The minimum absolute atomic E-state index is 0.157. The second-order valence-corrected chi connectivity index (χ2v) is 16.1. The Morgan fingerprint density at radius 1 is 0.839 bits per heavy atom. The summed E-state index contributed by atoms with van der Waals surface area (Å²) in [4.78, 5) is 22.6. The van der Waals surface area contributed by atoms with Gasteiger partial charge in [-0.05, 0) is 45.9 Å². The SMILES string of the molecule is CC1(C)CCC(C)(C)c2cc(/C(=C/c3ccc(C(=O)C(=O)O)cc3)[Si](C)(C)C)ccc21. The van der Waals surface area contributed by atoms with Crippen molar-refractivity contribution in [3.05, 3.63) is 70.3 Å². The van der Waals surface area contributed by atoms with E-state index in [0.29, 0.717) is 0 Å². The van der Waals surface area contributed by atoms with Gasteiger partial charge in [-0.25, -0.2) is 4.79 Å². The first-order valence-electron chi connectivity index (χ1n) is 11.0. The van der Waals surface area contributed by atoms with Gasteiger partial charge in [0.05, 0.1) is 8.07 Å². The van der Waals surface area contributed by atoms with Gasteiger partial charge in [-0.15, -0.1) is 0 Å². The van der Waals surface area contributed by atoms with E-state index < -0.39 is 19.8 Å². The largest absolute Gasteiger partial charge is 0.475 e. The Hall–Kier alpha value is -2.46. The maximum atomic E-state index is 11.7.